The van der Waals surface area contributed by atoms with Crippen molar-refractivity contribution in [2.75, 3.05) is 24.6 Å². The number of rotatable bonds is 6. The summed E-state index contributed by atoms with van der Waals surface area (Å²) in [5.41, 5.74) is 2.43. The average molecular weight is 260 g/mol. The van der Waals surface area contributed by atoms with Crippen molar-refractivity contribution in [1.82, 2.24) is 0 Å². The van der Waals surface area contributed by atoms with Crippen LogP contribution in [0.3, 0.4) is 0 Å². The van der Waals surface area contributed by atoms with Crippen molar-refractivity contribution in [3.05, 3.63) is 29.3 Å². The van der Waals surface area contributed by atoms with Crippen molar-refractivity contribution in [1.29, 1.82) is 5.26 Å². The Balaban J connectivity index is 3.05. The maximum absolute atomic E-state index is 11.7. The monoisotopic (exact) mass is 260 g/mol. The van der Waals surface area contributed by atoms with Crippen molar-refractivity contribution in [2.24, 2.45) is 0 Å². The molecule has 0 N–H and O–H groups in total. The highest BCUT2D eigenvalue weighted by atomic mass is 16.5. The summed E-state index contributed by atoms with van der Waals surface area (Å²) in [6, 6.07) is 7.76. The van der Waals surface area contributed by atoms with E-state index in [0.29, 0.717) is 12.2 Å². The van der Waals surface area contributed by atoms with Gasteiger partial charge in [0.05, 0.1) is 17.9 Å². The SMILES string of the molecule is CCCN(CC(=O)OCC)c1c(C)cccc1C#N. The fourth-order valence-electron chi connectivity index (χ4n) is 2.07. The van der Waals surface area contributed by atoms with Crippen molar-refractivity contribution in [3.8, 4) is 6.07 Å². The zero-order valence-electron chi connectivity index (χ0n) is 11.8. The lowest BCUT2D eigenvalue weighted by molar-refractivity contribution is -0.141. The van der Waals surface area contributed by atoms with Crippen LogP contribution in [0.2, 0.25) is 0 Å². The Kier molecular flexibility index (Phi) is 5.87. The van der Waals surface area contributed by atoms with Crippen LogP contribution in [-0.4, -0.2) is 25.7 Å². The highest BCUT2D eigenvalue weighted by Crippen LogP contribution is 2.24. The zero-order valence-corrected chi connectivity index (χ0v) is 11.8. The molecule has 0 aliphatic rings. The number of hydrogen-bond donors (Lipinski definition) is 0. The molecule has 0 aliphatic heterocycles. The highest BCUT2D eigenvalue weighted by Gasteiger charge is 2.16. The van der Waals surface area contributed by atoms with Crippen LogP contribution in [0.15, 0.2) is 18.2 Å². The van der Waals surface area contributed by atoms with Crippen LogP contribution in [0.4, 0.5) is 5.69 Å². The Hall–Kier alpha value is -2.02. The van der Waals surface area contributed by atoms with E-state index in [2.05, 4.69) is 6.07 Å². The minimum absolute atomic E-state index is 0.182. The average Bonchev–Trinajstić information content (AvgIpc) is 2.38. The molecule has 0 unspecified atom stereocenters. The van der Waals surface area contributed by atoms with Crippen LogP contribution >= 0.6 is 0 Å². The van der Waals surface area contributed by atoms with Crippen LogP contribution in [0.25, 0.3) is 0 Å². The number of hydrogen-bond acceptors (Lipinski definition) is 4. The summed E-state index contributed by atoms with van der Waals surface area (Å²) in [5.74, 6) is -0.261. The third-order valence-corrected chi connectivity index (χ3v) is 2.79. The smallest absolute Gasteiger partial charge is 0.325 e. The maximum Gasteiger partial charge on any atom is 0.325 e. The van der Waals surface area contributed by atoms with Gasteiger partial charge in [0.1, 0.15) is 12.6 Å². The fraction of sp³-hybridized carbons (Fsp3) is 0.467. The Morgan fingerprint density at radius 2 is 2.16 bits per heavy atom. The molecule has 0 aromatic heterocycles. The van der Waals surface area contributed by atoms with Crippen LogP contribution in [0.1, 0.15) is 31.4 Å². The number of aryl methyl sites for hydroxylation is 1. The third kappa shape index (κ3) is 3.99. The molecule has 0 atom stereocenters. The molecule has 1 aromatic carbocycles. The molecule has 4 heteroatoms. The second-order valence-corrected chi connectivity index (χ2v) is 4.31. The summed E-state index contributed by atoms with van der Waals surface area (Å²) in [7, 11) is 0. The van der Waals surface area contributed by atoms with E-state index >= 15 is 0 Å². The van der Waals surface area contributed by atoms with E-state index in [1.54, 1.807) is 13.0 Å². The number of anilines is 1. The van der Waals surface area contributed by atoms with E-state index in [9.17, 15) is 10.1 Å². The number of benzene rings is 1. The molecule has 0 saturated carbocycles. The Bertz CT molecular complexity index is 478. The number of carbonyl (C=O) groups excluding carboxylic acids is 1. The van der Waals surface area contributed by atoms with Gasteiger partial charge in [0.2, 0.25) is 0 Å². The normalized spacial score (nSPS) is 9.79. The number of carbonyl (C=O) groups is 1. The Morgan fingerprint density at radius 3 is 2.74 bits per heavy atom. The zero-order chi connectivity index (χ0) is 14.3. The van der Waals surface area contributed by atoms with Crippen molar-refractivity contribution in [2.45, 2.75) is 27.2 Å². The van der Waals surface area contributed by atoms with Gasteiger partial charge in [-0.1, -0.05) is 19.1 Å². The first-order valence-corrected chi connectivity index (χ1v) is 6.54. The minimum Gasteiger partial charge on any atom is -0.465 e. The fourth-order valence-corrected chi connectivity index (χ4v) is 2.07. The number of para-hydroxylation sites is 1. The molecule has 0 radical (unpaired) electrons. The number of ether oxygens (including phenoxy) is 1. The second-order valence-electron chi connectivity index (χ2n) is 4.31. The summed E-state index contributed by atoms with van der Waals surface area (Å²) < 4.78 is 4.99. The Morgan fingerprint density at radius 1 is 1.42 bits per heavy atom. The van der Waals surface area contributed by atoms with E-state index in [4.69, 9.17) is 4.74 Å². The molecular formula is C15H20N2O2. The van der Waals surface area contributed by atoms with Crippen LogP contribution in [0.5, 0.6) is 0 Å². The summed E-state index contributed by atoms with van der Waals surface area (Å²) in [6.07, 6.45) is 0.901. The molecule has 0 heterocycles. The number of nitrogens with zero attached hydrogens (tertiary/aromatic N) is 2. The van der Waals surface area contributed by atoms with Gasteiger partial charge in [-0.15, -0.1) is 0 Å². The molecule has 0 bridgehead atoms. The number of esters is 1. The van der Waals surface area contributed by atoms with Crippen LogP contribution in [0, 0.1) is 18.3 Å². The second kappa shape index (κ2) is 7.42. The molecule has 0 saturated heterocycles. The van der Waals surface area contributed by atoms with E-state index < -0.39 is 0 Å². The van der Waals surface area contributed by atoms with Gasteiger partial charge in [-0.05, 0) is 31.9 Å². The molecule has 1 rings (SSSR count). The first-order valence-electron chi connectivity index (χ1n) is 6.54. The molecule has 0 fully saturated rings. The van der Waals surface area contributed by atoms with E-state index in [1.807, 2.05) is 30.9 Å². The van der Waals surface area contributed by atoms with Crippen molar-refractivity contribution in [3.63, 3.8) is 0 Å². The van der Waals surface area contributed by atoms with E-state index in [0.717, 1.165) is 24.2 Å². The maximum atomic E-state index is 11.7. The molecule has 0 spiro atoms. The molecular weight excluding hydrogens is 240 g/mol. The van der Waals surface area contributed by atoms with Crippen molar-refractivity contribution >= 4 is 11.7 Å². The summed E-state index contributed by atoms with van der Waals surface area (Å²) in [6.45, 7) is 7.06. The van der Waals surface area contributed by atoms with Crippen molar-refractivity contribution < 1.29 is 9.53 Å². The largest absolute Gasteiger partial charge is 0.465 e. The first kappa shape index (κ1) is 15.0. The molecule has 19 heavy (non-hydrogen) atoms. The van der Waals surface area contributed by atoms with Gasteiger partial charge in [0.25, 0.3) is 0 Å². The van der Waals surface area contributed by atoms with Gasteiger partial charge in [-0.25, -0.2) is 0 Å². The number of nitriles is 1. The lowest BCUT2D eigenvalue weighted by atomic mass is 10.1. The standard InChI is InChI=1S/C15H20N2O2/c1-4-9-17(11-14(18)19-5-2)15-12(3)7-6-8-13(15)10-16/h6-8H,4-5,9,11H2,1-3H3. The predicted molar refractivity (Wildman–Crippen MR) is 75.0 cm³/mol. The van der Waals surface area contributed by atoms with E-state index in [-0.39, 0.29) is 12.5 Å². The third-order valence-electron chi connectivity index (χ3n) is 2.79. The molecule has 4 nitrogen and oxygen atoms in total. The molecule has 0 amide bonds. The van der Waals surface area contributed by atoms with E-state index in [1.165, 1.54) is 0 Å². The topological polar surface area (TPSA) is 53.3 Å². The lowest BCUT2D eigenvalue weighted by Gasteiger charge is -2.25. The summed E-state index contributed by atoms with van der Waals surface area (Å²) in [5, 5.41) is 9.20. The quantitative estimate of drug-likeness (QED) is 0.738. The lowest BCUT2D eigenvalue weighted by Crippen LogP contribution is -2.32. The van der Waals surface area contributed by atoms with Crippen LogP contribution in [-0.2, 0) is 9.53 Å². The summed E-state index contributed by atoms with van der Waals surface area (Å²) in [4.78, 5) is 13.6. The minimum atomic E-state index is -0.261. The Labute approximate surface area is 114 Å². The highest BCUT2D eigenvalue weighted by molar-refractivity contribution is 5.77. The van der Waals surface area contributed by atoms with Crippen LogP contribution < -0.4 is 4.90 Å². The van der Waals surface area contributed by atoms with Gasteiger partial charge in [-0.2, -0.15) is 5.26 Å². The molecule has 102 valence electrons. The van der Waals surface area contributed by atoms with Gasteiger partial charge in [0, 0.05) is 6.54 Å². The molecule has 0 aliphatic carbocycles. The first-order chi connectivity index (χ1) is 9.13. The van der Waals surface area contributed by atoms with Gasteiger partial charge < -0.3 is 9.64 Å². The van der Waals surface area contributed by atoms with Gasteiger partial charge >= 0.3 is 5.97 Å². The van der Waals surface area contributed by atoms with Gasteiger partial charge in [0.15, 0.2) is 0 Å². The summed E-state index contributed by atoms with van der Waals surface area (Å²) >= 11 is 0. The predicted octanol–water partition coefficient (Wildman–Crippen LogP) is 2.65. The molecule has 1 aromatic rings. The van der Waals surface area contributed by atoms with Gasteiger partial charge in [-0.3, -0.25) is 4.79 Å².